The van der Waals surface area contributed by atoms with Gasteiger partial charge in [0.25, 0.3) is 11.8 Å². The van der Waals surface area contributed by atoms with Gasteiger partial charge < -0.3 is 24.9 Å². The molecule has 0 saturated carbocycles. The molecule has 10 nitrogen and oxygen atoms in total. The molecule has 0 aliphatic rings. The van der Waals surface area contributed by atoms with Crippen LogP contribution in [0.4, 0.5) is 18.9 Å². The van der Waals surface area contributed by atoms with Crippen LogP contribution in [-0.2, 0) is 19.8 Å². The van der Waals surface area contributed by atoms with E-state index in [0.29, 0.717) is 39.9 Å². The monoisotopic (exact) mass is 585 g/mol. The predicted molar refractivity (Wildman–Crippen MR) is 144 cm³/mol. The van der Waals surface area contributed by atoms with Crippen LogP contribution in [0.1, 0.15) is 37.4 Å². The molecule has 212 valence electrons. The Morgan fingerprint density at radius 1 is 1.15 bits per heavy atom. The number of nitrogens with zero attached hydrogens (tertiary/aromatic N) is 3. The topological polar surface area (TPSA) is 134 Å². The molecular weight excluding hydrogens is 563 g/mol. The average molecular weight is 586 g/mol. The number of rotatable bonds is 8. The van der Waals surface area contributed by atoms with E-state index < -0.39 is 23.7 Å². The fourth-order valence-electron chi connectivity index (χ4n) is 4.11. The number of primary amides is 1. The van der Waals surface area contributed by atoms with Gasteiger partial charge in [0.05, 0.1) is 19.0 Å². The number of nitrogens with one attached hydrogen (secondary N) is 1. The lowest BCUT2D eigenvalue weighted by Crippen LogP contribution is -2.16. The Hall–Kier alpha value is -4.85. The van der Waals surface area contributed by atoms with Crippen molar-refractivity contribution in [2.75, 3.05) is 12.4 Å². The van der Waals surface area contributed by atoms with Gasteiger partial charge in [-0.05, 0) is 42.8 Å². The van der Waals surface area contributed by atoms with Crippen LogP contribution in [0, 0.1) is 6.92 Å². The number of fused-ring (bicyclic) bond motifs is 1. The van der Waals surface area contributed by atoms with Gasteiger partial charge in [-0.3, -0.25) is 14.3 Å². The number of methoxy groups -OCH3 is 1. The summed E-state index contributed by atoms with van der Waals surface area (Å²) in [6.45, 7) is 1.68. The Kier molecular flexibility index (Phi) is 7.17. The number of thiophene rings is 1. The SMILES string of the molecule is COc1cccc(OCc2ccc(C(=O)Nc3c(C(N)=O)sc4nc(C(F)(F)F)cc(-c5cnn(C)c5C)c34)o2)c1. The first-order valence-electron chi connectivity index (χ1n) is 12.0. The molecule has 5 aromatic rings. The van der Waals surface area contributed by atoms with Crippen LogP contribution >= 0.6 is 11.3 Å². The minimum absolute atomic E-state index is 0.00291. The van der Waals surface area contributed by atoms with Crippen molar-refractivity contribution in [2.45, 2.75) is 19.7 Å². The minimum atomic E-state index is -4.77. The highest BCUT2D eigenvalue weighted by Crippen LogP contribution is 2.44. The highest BCUT2D eigenvalue weighted by molar-refractivity contribution is 7.21. The first-order valence-corrected chi connectivity index (χ1v) is 12.8. The molecule has 0 spiro atoms. The van der Waals surface area contributed by atoms with Crippen LogP contribution in [0.5, 0.6) is 11.5 Å². The van der Waals surface area contributed by atoms with Crippen molar-refractivity contribution in [3.05, 3.63) is 76.4 Å². The van der Waals surface area contributed by atoms with Crippen LogP contribution in [0.2, 0.25) is 0 Å². The molecule has 4 aromatic heterocycles. The Morgan fingerprint density at radius 2 is 1.90 bits per heavy atom. The van der Waals surface area contributed by atoms with Gasteiger partial charge in [0.1, 0.15) is 39.3 Å². The number of furan rings is 1. The maximum absolute atomic E-state index is 13.8. The molecule has 0 bridgehead atoms. The summed E-state index contributed by atoms with van der Waals surface area (Å²) < 4.78 is 59.2. The third kappa shape index (κ3) is 5.45. The lowest BCUT2D eigenvalue weighted by molar-refractivity contribution is -0.140. The molecular formula is C27H22F3N5O5S. The Bertz CT molecular complexity index is 1790. The molecule has 0 unspecified atom stereocenters. The zero-order chi connectivity index (χ0) is 29.5. The predicted octanol–water partition coefficient (Wildman–Crippen LogP) is 5.56. The van der Waals surface area contributed by atoms with E-state index in [1.807, 2.05) is 0 Å². The quantitative estimate of drug-likeness (QED) is 0.244. The molecule has 0 aliphatic carbocycles. The van der Waals surface area contributed by atoms with Crippen LogP contribution in [0.15, 0.2) is 53.1 Å². The summed E-state index contributed by atoms with van der Waals surface area (Å²) in [5, 5.41) is 6.85. The number of amides is 2. The second-order valence-electron chi connectivity index (χ2n) is 8.86. The summed E-state index contributed by atoms with van der Waals surface area (Å²) in [6.07, 6.45) is -3.37. The highest BCUT2D eigenvalue weighted by atomic mass is 32.1. The maximum Gasteiger partial charge on any atom is 0.433 e. The largest absolute Gasteiger partial charge is 0.497 e. The van der Waals surface area contributed by atoms with Gasteiger partial charge in [-0.25, -0.2) is 4.98 Å². The minimum Gasteiger partial charge on any atom is -0.497 e. The Balaban J connectivity index is 1.51. The number of hydrogen-bond acceptors (Lipinski definition) is 8. The molecule has 0 radical (unpaired) electrons. The third-order valence-electron chi connectivity index (χ3n) is 6.25. The first kappa shape index (κ1) is 27.7. The van der Waals surface area contributed by atoms with Gasteiger partial charge >= 0.3 is 6.18 Å². The van der Waals surface area contributed by atoms with E-state index in [0.717, 1.165) is 6.07 Å². The lowest BCUT2D eigenvalue weighted by Gasteiger charge is -2.12. The zero-order valence-electron chi connectivity index (χ0n) is 21.8. The van der Waals surface area contributed by atoms with Gasteiger partial charge in [0.15, 0.2) is 5.76 Å². The van der Waals surface area contributed by atoms with Gasteiger partial charge in [0.2, 0.25) is 0 Å². The summed E-state index contributed by atoms with van der Waals surface area (Å²) in [4.78, 5) is 29.0. The van der Waals surface area contributed by atoms with Crippen LogP contribution in [0.3, 0.4) is 0 Å². The molecule has 4 heterocycles. The number of carbonyl (C=O) groups excluding carboxylic acids is 2. The standard InChI is InChI=1S/C27H22F3N5O5S/c1-13-18(11-32-35(13)2)17-10-20(27(28,29)30)33-26-21(17)22(23(41-26)24(31)36)34-25(37)19-8-7-16(40-19)12-39-15-6-4-5-14(9-15)38-3/h4-11H,12H2,1-3H3,(H2,31,36)(H,34,37). The number of ether oxygens (including phenoxy) is 2. The number of nitrogens with two attached hydrogens (primary N) is 1. The van der Waals surface area contributed by atoms with Crippen LogP contribution in [0.25, 0.3) is 21.3 Å². The molecule has 0 aliphatic heterocycles. The molecule has 0 fully saturated rings. The van der Waals surface area contributed by atoms with Crippen molar-refractivity contribution in [3.8, 4) is 22.6 Å². The molecule has 3 N–H and O–H groups in total. The smallest absolute Gasteiger partial charge is 0.433 e. The number of benzene rings is 1. The zero-order valence-corrected chi connectivity index (χ0v) is 22.6. The number of carbonyl (C=O) groups is 2. The average Bonchev–Trinajstić information content (AvgIpc) is 3.64. The van der Waals surface area contributed by atoms with Crippen molar-refractivity contribution < 1.29 is 36.7 Å². The number of aromatic nitrogens is 3. The summed E-state index contributed by atoms with van der Waals surface area (Å²) in [6, 6.07) is 10.7. The molecule has 2 amide bonds. The van der Waals surface area contributed by atoms with E-state index in [1.165, 1.54) is 30.1 Å². The lowest BCUT2D eigenvalue weighted by atomic mass is 10.0. The van der Waals surface area contributed by atoms with Crippen molar-refractivity contribution in [1.29, 1.82) is 0 Å². The Labute approximate surface area is 234 Å². The van der Waals surface area contributed by atoms with Gasteiger partial charge in [-0.15, -0.1) is 11.3 Å². The number of alkyl halides is 3. The molecule has 0 saturated heterocycles. The van der Waals surface area contributed by atoms with Gasteiger partial charge in [-0.1, -0.05) is 6.07 Å². The summed E-state index contributed by atoms with van der Waals surface area (Å²) >= 11 is 0.646. The number of aryl methyl sites for hydroxylation is 1. The first-order chi connectivity index (χ1) is 19.5. The van der Waals surface area contributed by atoms with Crippen molar-refractivity contribution in [2.24, 2.45) is 12.8 Å². The van der Waals surface area contributed by atoms with Crippen molar-refractivity contribution in [1.82, 2.24) is 14.8 Å². The van der Waals surface area contributed by atoms with Crippen molar-refractivity contribution in [3.63, 3.8) is 0 Å². The molecule has 41 heavy (non-hydrogen) atoms. The van der Waals surface area contributed by atoms with Gasteiger partial charge in [0, 0.05) is 29.8 Å². The second kappa shape index (κ2) is 10.6. The van der Waals surface area contributed by atoms with E-state index in [9.17, 15) is 22.8 Å². The molecule has 14 heteroatoms. The highest BCUT2D eigenvalue weighted by Gasteiger charge is 2.35. The van der Waals surface area contributed by atoms with Crippen LogP contribution < -0.4 is 20.5 Å². The number of halogens is 3. The van der Waals surface area contributed by atoms with E-state index >= 15 is 0 Å². The molecule has 5 rings (SSSR count). The Morgan fingerprint density at radius 3 is 2.56 bits per heavy atom. The summed E-state index contributed by atoms with van der Waals surface area (Å²) in [5.74, 6) is -0.375. The molecule has 0 atom stereocenters. The second-order valence-corrected chi connectivity index (χ2v) is 9.86. The molecule has 1 aromatic carbocycles. The van der Waals surface area contributed by atoms with E-state index in [4.69, 9.17) is 19.6 Å². The summed E-state index contributed by atoms with van der Waals surface area (Å²) in [7, 11) is 3.17. The normalized spacial score (nSPS) is 11.6. The number of pyridine rings is 1. The third-order valence-corrected chi connectivity index (χ3v) is 7.35. The van der Waals surface area contributed by atoms with E-state index in [-0.39, 0.29) is 38.7 Å². The van der Waals surface area contributed by atoms with E-state index in [2.05, 4.69) is 15.4 Å². The fourth-order valence-corrected chi connectivity index (χ4v) is 5.12. The fraction of sp³-hybridized carbons (Fsp3) is 0.185. The number of hydrogen-bond donors (Lipinski definition) is 2. The maximum atomic E-state index is 13.8. The van der Waals surface area contributed by atoms with Gasteiger partial charge in [-0.2, -0.15) is 18.3 Å². The van der Waals surface area contributed by atoms with E-state index in [1.54, 1.807) is 38.2 Å². The summed E-state index contributed by atoms with van der Waals surface area (Å²) in [5.41, 5.74) is 5.33. The number of anilines is 1. The van der Waals surface area contributed by atoms with Crippen LogP contribution in [-0.4, -0.2) is 33.7 Å². The van der Waals surface area contributed by atoms with Crippen molar-refractivity contribution >= 4 is 39.1 Å².